The van der Waals surface area contributed by atoms with Crippen LogP contribution in [-0.4, -0.2) is 37.5 Å². The number of benzene rings is 1. The number of rotatable bonds is 5. The van der Waals surface area contributed by atoms with E-state index in [9.17, 15) is 8.42 Å². The number of anilines is 1. The Morgan fingerprint density at radius 1 is 1.33 bits per heavy atom. The van der Waals surface area contributed by atoms with Crippen molar-refractivity contribution in [1.29, 1.82) is 0 Å². The van der Waals surface area contributed by atoms with Crippen LogP contribution in [0.15, 0.2) is 47.9 Å². The predicted molar refractivity (Wildman–Crippen MR) is 80.6 cm³/mol. The minimum Gasteiger partial charge on any atom is -0.367 e. The van der Waals surface area contributed by atoms with Gasteiger partial charge in [-0.05, 0) is 25.0 Å². The highest BCUT2D eigenvalue weighted by Gasteiger charge is 2.26. The fourth-order valence-corrected chi connectivity index (χ4v) is 3.66. The molecule has 0 radical (unpaired) electrons. The average Bonchev–Trinajstić information content (AvgIpc) is 3.18. The van der Waals surface area contributed by atoms with Gasteiger partial charge in [-0.2, -0.15) is 0 Å². The van der Waals surface area contributed by atoms with E-state index in [2.05, 4.69) is 31.7 Å². The monoisotopic (exact) mass is 306 g/mol. The van der Waals surface area contributed by atoms with Gasteiger partial charge in [0.05, 0.1) is 12.5 Å². The van der Waals surface area contributed by atoms with Crippen LogP contribution in [0.25, 0.3) is 0 Å². The van der Waals surface area contributed by atoms with Crippen LogP contribution >= 0.6 is 0 Å². The van der Waals surface area contributed by atoms with Gasteiger partial charge in [0, 0.05) is 24.8 Å². The molecule has 1 atom stereocenters. The second-order valence-electron chi connectivity index (χ2n) is 5.09. The number of nitrogens with zero attached hydrogens (tertiary/aromatic N) is 2. The SMILES string of the molecule is O=S(=O)(NCC1CCCN1c1ccccc1)c1cnc[nH]1. The molecule has 0 aliphatic carbocycles. The molecule has 21 heavy (non-hydrogen) atoms. The molecule has 1 fully saturated rings. The highest BCUT2D eigenvalue weighted by Crippen LogP contribution is 2.24. The van der Waals surface area contributed by atoms with Crippen LogP contribution in [-0.2, 0) is 10.0 Å². The van der Waals surface area contributed by atoms with Crippen LogP contribution in [0, 0.1) is 0 Å². The minimum absolute atomic E-state index is 0.103. The zero-order valence-corrected chi connectivity index (χ0v) is 12.4. The lowest BCUT2D eigenvalue weighted by molar-refractivity contribution is 0.564. The van der Waals surface area contributed by atoms with Crippen LogP contribution in [0.4, 0.5) is 5.69 Å². The smallest absolute Gasteiger partial charge is 0.257 e. The summed E-state index contributed by atoms with van der Waals surface area (Å²) in [6.45, 7) is 1.36. The van der Waals surface area contributed by atoms with Gasteiger partial charge in [-0.15, -0.1) is 0 Å². The minimum atomic E-state index is -3.50. The molecule has 2 heterocycles. The van der Waals surface area contributed by atoms with Crippen molar-refractivity contribution in [2.24, 2.45) is 0 Å². The summed E-state index contributed by atoms with van der Waals surface area (Å²) in [6.07, 6.45) is 4.73. The number of aromatic amines is 1. The summed E-state index contributed by atoms with van der Waals surface area (Å²) in [6, 6.07) is 10.3. The number of sulfonamides is 1. The third-order valence-corrected chi connectivity index (χ3v) is 5.09. The fourth-order valence-electron chi connectivity index (χ4n) is 2.68. The third-order valence-electron chi connectivity index (χ3n) is 3.74. The Bertz CT molecular complexity index is 670. The Morgan fingerprint density at radius 3 is 2.86 bits per heavy atom. The van der Waals surface area contributed by atoms with Gasteiger partial charge in [0.15, 0.2) is 5.03 Å². The lowest BCUT2D eigenvalue weighted by Gasteiger charge is -2.26. The molecular weight excluding hydrogens is 288 g/mol. The molecule has 1 aliphatic rings. The van der Waals surface area contributed by atoms with Gasteiger partial charge in [0.2, 0.25) is 0 Å². The Hall–Kier alpha value is -1.86. The van der Waals surface area contributed by atoms with Crippen molar-refractivity contribution in [3.8, 4) is 0 Å². The van der Waals surface area contributed by atoms with E-state index >= 15 is 0 Å². The average molecular weight is 306 g/mol. The first-order valence-corrected chi connectivity index (χ1v) is 8.45. The number of H-pyrrole nitrogens is 1. The molecule has 1 unspecified atom stereocenters. The van der Waals surface area contributed by atoms with Crippen LogP contribution in [0.1, 0.15) is 12.8 Å². The van der Waals surface area contributed by atoms with Gasteiger partial charge in [0.25, 0.3) is 10.0 Å². The molecule has 0 saturated carbocycles. The highest BCUT2D eigenvalue weighted by molar-refractivity contribution is 7.89. The van der Waals surface area contributed by atoms with E-state index in [1.54, 1.807) is 0 Å². The summed E-state index contributed by atoms with van der Waals surface area (Å²) in [5.74, 6) is 0. The molecule has 6 nitrogen and oxygen atoms in total. The third kappa shape index (κ3) is 3.08. The zero-order chi connectivity index (χ0) is 14.7. The van der Waals surface area contributed by atoms with E-state index in [1.807, 2.05) is 18.2 Å². The molecule has 2 N–H and O–H groups in total. The summed E-state index contributed by atoms with van der Waals surface area (Å²) >= 11 is 0. The molecular formula is C14H18N4O2S. The Balaban J connectivity index is 1.68. The largest absolute Gasteiger partial charge is 0.367 e. The second kappa shape index (κ2) is 5.87. The molecule has 0 spiro atoms. The maximum atomic E-state index is 12.1. The van der Waals surface area contributed by atoms with E-state index in [-0.39, 0.29) is 11.1 Å². The standard InChI is InChI=1S/C14H18N4O2S/c19-21(20,14-10-15-11-16-14)17-9-13-7-4-8-18(13)12-5-2-1-3-6-12/h1-3,5-6,10-11,13,17H,4,7-9H2,(H,15,16). The number of aromatic nitrogens is 2. The molecule has 1 aromatic carbocycles. The summed E-state index contributed by atoms with van der Waals surface area (Å²) in [5.41, 5.74) is 1.14. The van der Waals surface area contributed by atoms with Crippen LogP contribution in [0.3, 0.4) is 0 Å². The van der Waals surface area contributed by atoms with Crippen LogP contribution in [0.5, 0.6) is 0 Å². The first-order chi connectivity index (χ1) is 10.2. The first-order valence-electron chi connectivity index (χ1n) is 6.96. The van der Waals surface area contributed by atoms with Gasteiger partial charge in [0.1, 0.15) is 0 Å². The van der Waals surface area contributed by atoms with Crippen LogP contribution in [0.2, 0.25) is 0 Å². The molecule has 0 bridgehead atoms. The van der Waals surface area contributed by atoms with Crippen molar-refractivity contribution < 1.29 is 8.42 Å². The second-order valence-corrected chi connectivity index (χ2v) is 6.83. The van der Waals surface area contributed by atoms with Gasteiger partial charge >= 0.3 is 0 Å². The van der Waals surface area contributed by atoms with Crippen molar-refractivity contribution >= 4 is 15.7 Å². The number of hydrogen-bond acceptors (Lipinski definition) is 4. The molecule has 1 aliphatic heterocycles. The lowest BCUT2D eigenvalue weighted by Crippen LogP contribution is -2.40. The molecule has 1 saturated heterocycles. The number of nitrogens with one attached hydrogen (secondary N) is 2. The van der Waals surface area contributed by atoms with Crippen molar-refractivity contribution in [3.05, 3.63) is 42.9 Å². The van der Waals surface area contributed by atoms with E-state index < -0.39 is 10.0 Å². The highest BCUT2D eigenvalue weighted by atomic mass is 32.2. The fraction of sp³-hybridized carbons (Fsp3) is 0.357. The molecule has 112 valence electrons. The quantitative estimate of drug-likeness (QED) is 0.874. The van der Waals surface area contributed by atoms with Gasteiger partial charge in [-0.3, -0.25) is 0 Å². The van der Waals surface area contributed by atoms with E-state index in [1.165, 1.54) is 12.5 Å². The maximum absolute atomic E-state index is 12.1. The van der Waals surface area contributed by atoms with Gasteiger partial charge in [-0.25, -0.2) is 18.1 Å². The summed E-state index contributed by atoms with van der Waals surface area (Å²) in [7, 11) is -3.50. The summed E-state index contributed by atoms with van der Waals surface area (Å²) < 4.78 is 26.8. The van der Waals surface area contributed by atoms with Crippen molar-refractivity contribution in [2.75, 3.05) is 18.0 Å². The van der Waals surface area contributed by atoms with Crippen molar-refractivity contribution in [2.45, 2.75) is 23.9 Å². The summed E-state index contributed by atoms with van der Waals surface area (Å²) in [5, 5.41) is 0.103. The Kier molecular flexibility index (Phi) is 3.94. The van der Waals surface area contributed by atoms with E-state index in [0.29, 0.717) is 6.54 Å². The molecule has 1 aromatic heterocycles. The molecule has 0 amide bonds. The van der Waals surface area contributed by atoms with E-state index in [0.717, 1.165) is 25.1 Å². The van der Waals surface area contributed by atoms with Crippen molar-refractivity contribution in [3.63, 3.8) is 0 Å². The number of hydrogen-bond donors (Lipinski definition) is 2. The zero-order valence-electron chi connectivity index (χ0n) is 11.6. The normalized spacial score (nSPS) is 19.0. The molecule has 3 rings (SSSR count). The summed E-state index contributed by atoms with van der Waals surface area (Å²) in [4.78, 5) is 8.63. The van der Waals surface area contributed by atoms with Gasteiger partial charge < -0.3 is 9.88 Å². The first kappa shape index (κ1) is 14.1. The van der Waals surface area contributed by atoms with Crippen LogP contribution < -0.4 is 9.62 Å². The van der Waals surface area contributed by atoms with Gasteiger partial charge in [-0.1, -0.05) is 18.2 Å². The predicted octanol–water partition coefficient (Wildman–Crippen LogP) is 1.36. The van der Waals surface area contributed by atoms with Crippen molar-refractivity contribution in [1.82, 2.24) is 14.7 Å². The maximum Gasteiger partial charge on any atom is 0.257 e. The topological polar surface area (TPSA) is 78.1 Å². The number of imidazole rings is 1. The van der Waals surface area contributed by atoms with E-state index in [4.69, 9.17) is 0 Å². The molecule has 2 aromatic rings. The number of para-hydroxylation sites is 1. The Labute approximate surface area is 124 Å². The molecule has 7 heteroatoms. The Morgan fingerprint density at radius 2 is 2.14 bits per heavy atom. The lowest BCUT2D eigenvalue weighted by atomic mass is 10.2.